The lowest BCUT2D eigenvalue weighted by Gasteiger charge is -2.17. The Morgan fingerprint density at radius 3 is 2.75 bits per heavy atom. The number of hydrogen-bond donors (Lipinski definition) is 2. The topological polar surface area (TPSA) is 140 Å². The molecule has 0 atom stereocenters. The Balaban J connectivity index is 1.44. The Kier molecular flexibility index (Phi) is 6.58. The lowest BCUT2D eigenvalue weighted by Crippen LogP contribution is -2.42. The Morgan fingerprint density at radius 2 is 2.00 bits per heavy atom. The van der Waals surface area contributed by atoms with E-state index in [1.54, 1.807) is 0 Å². The monoisotopic (exact) mass is 405 g/mol. The second kappa shape index (κ2) is 9.31. The van der Waals surface area contributed by atoms with Crippen LogP contribution in [0.5, 0.6) is 0 Å². The summed E-state index contributed by atoms with van der Waals surface area (Å²) in [6.07, 6.45) is 5.62. The first-order valence-electron chi connectivity index (χ1n) is 8.83. The zero-order valence-corrected chi connectivity index (χ0v) is 15.7. The lowest BCUT2D eigenvalue weighted by atomic mass is 9.89. The smallest absolute Gasteiger partial charge is 0.277 e. The van der Waals surface area contributed by atoms with E-state index in [0.29, 0.717) is 17.0 Å². The molecular weight excluding hydrogens is 386 g/mol. The van der Waals surface area contributed by atoms with Crippen molar-refractivity contribution < 1.29 is 18.9 Å². The molecule has 0 aliphatic heterocycles. The van der Waals surface area contributed by atoms with E-state index in [1.807, 2.05) is 0 Å². The highest BCUT2D eigenvalue weighted by atomic mass is 32.2. The van der Waals surface area contributed by atoms with Gasteiger partial charge in [-0.3, -0.25) is 30.6 Å². The molecule has 0 radical (unpaired) electrons. The molecular formula is C17H19N5O5S. The van der Waals surface area contributed by atoms with Crippen LogP contribution in [0.3, 0.4) is 0 Å². The average Bonchev–Trinajstić information content (AvgIpc) is 3.20. The van der Waals surface area contributed by atoms with Gasteiger partial charge in [-0.2, -0.15) is 0 Å². The van der Waals surface area contributed by atoms with Crippen molar-refractivity contribution in [3.63, 3.8) is 0 Å². The molecule has 1 aromatic heterocycles. The molecule has 1 heterocycles. The van der Waals surface area contributed by atoms with Crippen LogP contribution in [0.4, 0.5) is 5.69 Å². The molecule has 3 rings (SSSR count). The van der Waals surface area contributed by atoms with Crippen LogP contribution in [0, 0.1) is 10.1 Å². The Morgan fingerprint density at radius 1 is 1.21 bits per heavy atom. The minimum absolute atomic E-state index is 0.0263. The molecule has 11 heteroatoms. The number of carbonyl (C=O) groups excluding carboxylic acids is 2. The normalized spacial score (nSPS) is 14.4. The fourth-order valence-corrected chi connectivity index (χ4v) is 3.49. The van der Waals surface area contributed by atoms with E-state index in [9.17, 15) is 19.7 Å². The number of nitro benzene ring substituents is 1. The predicted molar refractivity (Wildman–Crippen MR) is 99.6 cm³/mol. The van der Waals surface area contributed by atoms with Gasteiger partial charge >= 0.3 is 0 Å². The van der Waals surface area contributed by atoms with E-state index < -0.39 is 16.7 Å². The molecule has 0 bridgehead atoms. The molecule has 1 fully saturated rings. The van der Waals surface area contributed by atoms with Gasteiger partial charge < -0.3 is 4.42 Å². The molecule has 2 N–H and O–H groups in total. The zero-order chi connectivity index (χ0) is 19.9. The van der Waals surface area contributed by atoms with Crippen molar-refractivity contribution in [2.75, 3.05) is 5.75 Å². The number of benzene rings is 1. The van der Waals surface area contributed by atoms with E-state index in [2.05, 4.69) is 21.0 Å². The molecule has 148 valence electrons. The van der Waals surface area contributed by atoms with Crippen molar-refractivity contribution >= 4 is 29.3 Å². The molecule has 28 heavy (non-hydrogen) atoms. The largest absolute Gasteiger partial charge is 0.416 e. The van der Waals surface area contributed by atoms with Crippen molar-refractivity contribution in [3.05, 3.63) is 45.8 Å². The van der Waals surface area contributed by atoms with Crippen LogP contribution in [0.2, 0.25) is 0 Å². The summed E-state index contributed by atoms with van der Waals surface area (Å²) in [5.41, 5.74) is 4.33. The fourth-order valence-electron chi connectivity index (χ4n) is 2.92. The number of rotatable bonds is 6. The van der Waals surface area contributed by atoms with E-state index in [4.69, 9.17) is 4.42 Å². The maximum Gasteiger partial charge on any atom is 0.277 e. The summed E-state index contributed by atoms with van der Waals surface area (Å²) in [6.45, 7) is 0. The Bertz CT molecular complexity index is 865. The van der Waals surface area contributed by atoms with E-state index >= 15 is 0 Å². The number of non-ortho nitro benzene ring substituents is 1. The maximum absolute atomic E-state index is 12.0. The van der Waals surface area contributed by atoms with E-state index in [1.165, 1.54) is 24.6 Å². The third-order valence-corrected chi connectivity index (χ3v) is 5.16. The third-order valence-electron chi connectivity index (χ3n) is 4.34. The molecule has 2 aromatic rings. The van der Waals surface area contributed by atoms with Crippen molar-refractivity contribution in [1.82, 2.24) is 21.0 Å². The number of hydrazine groups is 1. The average molecular weight is 405 g/mol. The number of aromatic nitrogens is 2. The summed E-state index contributed by atoms with van der Waals surface area (Å²) in [4.78, 5) is 34.0. The first-order chi connectivity index (χ1) is 13.5. The van der Waals surface area contributed by atoms with Crippen LogP contribution in [-0.2, 0) is 4.79 Å². The van der Waals surface area contributed by atoms with Crippen molar-refractivity contribution in [2.45, 2.75) is 43.2 Å². The van der Waals surface area contributed by atoms with Crippen LogP contribution >= 0.6 is 11.8 Å². The van der Waals surface area contributed by atoms with Gasteiger partial charge in [0, 0.05) is 23.6 Å². The van der Waals surface area contributed by atoms with Crippen molar-refractivity contribution in [1.29, 1.82) is 0 Å². The van der Waals surface area contributed by atoms with Gasteiger partial charge in [-0.05, 0) is 18.9 Å². The standard InChI is InChI=1S/C17H19N5O5S/c23-14(18-19-15(24)12-7-4-8-13(9-12)22(25)26)10-28-17-21-20-16(27-17)11-5-2-1-3-6-11/h4,7-9,11H,1-3,5-6,10H2,(H,18,23)(H,19,24). The molecule has 1 aliphatic carbocycles. The summed E-state index contributed by atoms with van der Waals surface area (Å²) in [5, 5.41) is 19.1. The minimum atomic E-state index is -0.653. The van der Waals surface area contributed by atoms with Crippen LogP contribution in [-0.4, -0.2) is 32.7 Å². The number of hydrogen-bond acceptors (Lipinski definition) is 8. The van der Waals surface area contributed by atoms with Crippen molar-refractivity contribution in [2.24, 2.45) is 0 Å². The van der Waals surface area contributed by atoms with Crippen LogP contribution in [0.15, 0.2) is 33.9 Å². The number of carbonyl (C=O) groups is 2. The summed E-state index contributed by atoms with van der Waals surface area (Å²) < 4.78 is 5.61. The molecule has 1 saturated carbocycles. The number of nitrogens with one attached hydrogen (secondary N) is 2. The number of nitrogens with zero attached hydrogens (tertiary/aromatic N) is 3. The quantitative estimate of drug-likeness (QED) is 0.424. The highest BCUT2D eigenvalue weighted by Gasteiger charge is 2.21. The second-order valence-electron chi connectivity index (χ2n) is 6.34. The van der Waals surface area contributed by atoms with Crippen LogP contribution in [0.1, 0.15) is 54.3 Å². The predicted octanol–water partition coefficient (Wildman–Crippen LogP) is 2.58. The maximum atomic E-state index is 12.0. The van der Waals surface area contributed by atoms with Crippen LogP contribution < -0.4 is 10.9 Å². The summed E-state index contributed by atoms with van der Waals surface area (Å²) in [6, 6.07) is 5.21. The SMILES string of the molecule is O=C(CSc1nnc(C2CCCCC2)o1)NNC(=O)c1cccc([N+](=O)[O-])c1. The molecule has 0 saturated heterocycles. The van der Waals surface area contributed by atoms with E-state index in [-0.39, 0.29) is 17.0 Å². The van der Waals surface area contributed by atoms with Gasteiger partial charge in [-0.25, -0.2) is 0 Å². The van der Waals surface area contributed by atoms with Crippen molar-refractivity contribution in [3.8, 4) is 0 Å². The van der Waals surface area contributed by atoms with E-state index in [0.717, 1.165) is 43.5 Å². The summed E-state index contributed by atoms with van der Waals surface area (Å²) in [5.74, 6) is -0.248. The zero-order valence-electron chi connectivity index (χ0n) is 14.9. The molecule has 1 aromatic carbocycles. The minimum Gasteiger partial charge on any atom is -0.416 e. The number of nitro groups is 1. The molecule has 2 amide bonds. The number of amides is 2. The van der Waals surface area contributed by atoms with Gasteiger partial charge in [-0.1, -0.05) is 37.1 Å². The number of thioether (sulfide) groups is 1. The molecule has 1 aliphatic rings. The van der Waals surface area contributed by atoms with Crippen LogP contribution in [0.25, 0.3) is 0 Å². The molecule has 0 unspecified atom stereocenters. The molecule has 0 spiro atoms. The highest BCUT2D eigenvalue weighted by molar-refractivity contribution is 7.99. The Labute approximate surface area is 164 Å². The summed E-state index contributed by atoms with van der Waals surface area (Å²) >= 11 is 1.07. The first kappa shape index (κ1) is 19.8. The van der Waals surface area contributed by atoms with Gasteiger partial charge in [0.25, 0.3) is 16.8 Å². The Hall–Kier alpha value is -2.95. The fraction of sp³-hybridized carbons (Fsp3) is 0.412. The highest BCUT2D eigenvalue weighted by Crippen LogP contribution is 2.32. The second-order valence-corrected chi connectivity index (χ2v) is 7.27. The third kappa shape index (κ3) is 5.28. The van der Waals surface area contributed by atoms with Gasteiger partial charge in [0.1, 0.15) is 0 Å². The van der Waals surface area contributed by atoms with Gasteiger partial charge in [0.2, 0.25) is 11.8 Å². The molecule has 10 nitrogen and oxygen atoms in total. The van der Waals surface area contributed by atoms with Gasteiger partial charge in [0.05, 0.1) is 10.7 Å². The van der Waals surface area contributed by atoms with Gasteiger partial charge in [-0.15, -0.1) is 10.2 Å². The van der Waals surface area contributed by atoms with Gasteiger partial charge in [0.15, 0.2) is 0 Å². The lowest BCUT2D eigenvalue weighted by molar-refractivity contribution is -0.384. The first-order valence-corrected chi connectivity index (χ1v) is 9.81. The summed E-state index contributed by atoms with van der Waals surface area (Å²) in [7, 11) is 0.